The third-order valence-corrected chi connectivity index (χ3v) is 4.25. The zero-order valence-corrected chi connectivity index (χ0v) is 13.7. The smallest absolute Gasteiger partial charge is 0.0762 e. The van der Waals surface area contributed by atoms with Gasteiger partial charge in [-0.3, -0.25) is 9.58 Å². The van der Waals surface area contributed by atoms with Crippen LogP contribution in [-0.4, -0.2) is 53.6 Å². The topological polar surface area (TPSA) is 42.3 Å². The average molecular weight is 294 g/mol. The Balaban J connectivity index is 1.74. The van der Waals surface area contributed by atoms with Gasteiger partial charge in [0.15, 0.2) is 0 Å². The van der Waals surface area contributed by atoms with Crippen LogP contribution in [0, 0.1) is 0 Å². The second kappa shape index (κ2) is 8.51. The third kappa shape index (κ3) is 5.09. The molecule has 0 aliphatic carbocycles. The Bertz CT molecular complexity index is 397. The van der Waals surface area contributed by atoms with Gasteiger partial charge in [0, 0.05) is 38.4 Å². The van der Waals surface area contributed by atoms with Crippen molar-refractivity contribution < 1.29 is 4.74 Å². The summed E-state index contributed by atoms with van der Waals surface area (Å²) in [6, 6.07) is 3.14. The summed E-state index contributed by atoms with van der Waals surface area (Å²) in [6.45, 7) is 12.4. The van der Waals surface area contributed by atoms with Crippen LogP contribution in [0.1, 0.15) is 45.3 Å². The Kier molecular flexibility index (Phi) is 6.67. The van der Waals surface area contributed by atoms with Crippen LogP contribution in [0.4, 0.5) is 0 Å². The van der Waals surface area contributed by atoms with Gasteiger partial charge in [-0.1, -0.05) is 13.8 Å². The number of nitrogens with one attached hydrogen (secondary N) is 1. The Morgan fingerprint density at radius 3 is 2.67 bits per heavy atom. The molecule has 1 N–H and O–H groups in total. The lowest BCUT2D eigenvalue weighted by Crippen LogP contribution is -2.44. The normalized spacial score (nSPS) is 18.3. The first-order valence-corrected chi connectivity index (χ1v) is 8.30. The molecule has 1 aromatic heterocycles. The summed E-state index contributed by atoms with van der Waals surface area (Å²) in [6.07, 6.45) is 4.39. The number of rotatable bonds is 8. The lowest BCUT2D eigenvalue weighted by molar-refractivity contribution is 0.0343. The van der Waals surface area contributed by atoms with Crippen LogP contribution < -0.4 is 5.32 Å². The van der Waals surface area contributed by atoms with Crippen molar-refractivity contribution in [3.8, 4) is 0 Å². The molecule has 1 saturated heterocycles. The molecule has 1 aromatic rings. The van der Waals surface area contributed by atoms with E-state index in [0.29, 0.717) is 12.1 Å². The van der Waals surface area contributed by atoms with Crippen molar-refractivity contribution in [3.05, 3.63) is 18.0 Å². The third-order valence-electron chi connectivity index (χ3n) is 4.25. The van der Waals surface area contributed by atoms with E-state index < -0.39 is 0 Å². The molecule has 5 nitrogen and oxygen atoms in total. The van der Waals surface area contributed by atoms with Gasteiger partial charge in [-0.05, 0) is 25.8 Å². The molecule has 0 saturated carbocycles. The zero-order chi connectivity index (χ0) is 15.1. The van der Waals surface area contributed by atoms with Gasteiger partial charge in [-0.25, -0.2) is 0 Å². The molecule has 0 radical (unpaired) electrons. The summed E-state index contributed by atoms with van der Waals surface area (Å²) in [5, 5.41) is 8.27. The van der Waals surface area contributed by atoms with Crippen LogP contribution in [-0.2, 0) is 11.3 Å². The summed E-state index contributed by atoms with van der Waals surface area (Å²) >= 11 is 0. The van der Waals surface area contributed by atoms with Crippen LogP contribution in [0.15, 0.2) is 12.3 Å². The monoisotopic (exact) mass is 294 g/mol. The van der Waals surface area contributed by atoms with Gasteiger partial charge < -0.3 is 10.1 Å². The van der Waals surface area contributed by atoms with Crippen molar-refractivity contribution in [2.24, 2.45) is 0 Å². The van der Waals surface area contributed by atoms with Crippen molar-refractivity contribution in [2.75, 3.05) is 32.8 Å². The lowest BCUT2D eigenvalue weighted by atomic mass is 10.2. The summed E-state index contributed by atoms with van der Waals surface area (Å²) in [4.78, 5) is 2.46. The average Bonchev–Trinajstić information content (AvgIpc) is 2.96. The molecule has 5 heteroatoms. The molecule has 0 spiro atoms. The molecule has 2 rings (SSSR count). The summed E-state index contributed by atoms with van der Waals surface area (Å²) in [5.74, 6) is 0. The number of hydrogen-bond acceptors (Lipinski definition) is 4. The maximum atomic E-state index is 5.38. The Morgan fingerprint density at radius 2 is 2.00 bits per heavy atom. The fourth-order valence-corrected chi connectivity index (χ4v) is 2.85. The van der Waals surface area contributed by atoms with Crippen molar-refractivity contribution >= 4 is 0 Å². The first kappa shape index (κ1) is 16.5. The molecule has 1 aliphatic rings. The summed E-state index contributed by atoms with van der Waals surface area (Å²) < 4.78 is 7.50. The number of hydrogen-bond donors (Lipinski definition) is 1. The van der Waals surface area contributed by atoms with E-state index in [1.54, 1.807) is 0 Å². The quantitative estimate of drug-likeness (QED) is 0.797. The molecule has 0 aromatic carbocycles. The van der Waals surface area contributed by atoms with Crippen LogP contribution >= 0.6 is 0 Å². The Morgan fingerprint density at radius 1 is 1.29 bits per heavy atom. The predicted molar refractivity (Wildman–Crippen MR) is 85.4 cm³/mol. The molecule has 1 unspecified atom stereocenters. The van der Waals surface area contributed by atoms with Crippen LogP contribution in [0.5, 0.6) is 0 Å². The van der Waals surface area contributed by atoms with E-state index in [1.807, 2.05) is 0 Å². The van der Waals surface area contributed by atoms with Crippen molar-refractivity contribution in [1.82, 2.24) is 20.0 Å². The van der Waals surface area contributed by atoms with E-state index in [2.05, 4.69) is 47.9 Å². The van der Waals surface area contributed by atoms with Crippen LogP contribution in [0.25, 0.3) is 0 Å². The minimum atomic E-state index is 0.474. The molecule has 0 amide bonds. The number of aromatic nitrogens is 2. The highest BCUT2D eigenvalue weighted by Crippen LogP contribution is 2.14. The van der Waals surface area contributed by atoms with Crippen LogP contribution in [0.3, 0.4) is 0 Å². The summed E-state index contributed by atoms with van der Waals surface area (Å²) in [5.41, 5.74) is 1.13. The van der Waals surface area contributed by atoms with Gasteiger partial charge in [-0.2, -0.15) is 5.10 Å². The predicted octanol–water partition coefficient (Wildman–Crippen LogP) is 2.05. The van der Waals surface area contributed by atoms with E-state index >= 15 is 0 Å². The number of ether oxygens (including phenoxy) is 1. The Hall–Kier alpha value is -0.910. The zero-order valence-electron chi connectivity index (χ0n) is 13.7. The molecule has 1 atom stereocenters. The molecule has 1 aliphatic heterocycles. The fourth-order valence-electron chi connectivity index (χ4n) is 2.85. The Labute approximate surface area is 128 Å². The minimum absolute atomic E-state index is 0.474. The fraction of sp³-hybridized carbons (Fsp3) is 0.812. The van der Waals surface area contributed by atoms with Gasteiger partial charge >= 0.3 is 0 Å². The number of morpholine rings is 1. The first-order chi connectivity index (χ1) is 10.2. The molecule has 0 bridgehead atoms. The van der Waals surface area contributed by atoms with Crippen molar-refractivity contribution in [3.63, 3.8) is 0 Å². The molecule has 21 heavy (non-hydrogen) atoms. The van der Waals surface area contributed by atoms with Gasteiger partial charge in [0.2, 0.25) is 0 Å². The van der Waals surface area contributed by atoms with E-state index in [4.69, 9.17) is 9.84 Å². The maximum Gasteiger partial charge on any atom is 0.0762 e. The second-order valence-corrected chi connectivity index (χ2v) is 5.95. The number of nitrogens with zero attached hydrogens (tertiary/aromatic N) is 3. The highest BCUT2D eigenvalue weighted by Gasteiger charge is 2.14. The minimum Gasteiger partial charge on any atom is -0.379 e. The highest BCUT2D eigenvalue weighted by molar-refractivity contribution is 4.99. The molecule has 1 fully saturated rings. The second-order valence-electron chi connectivity index (χ2n) is 5.95. The van der Waals surface area contributed by atoms with Gasteiger partial charge in [-0.15, -0.1) is 0 Å². The lowest BCUT2D eigenvalue weighted by Gasteiger charge is -2.29. The standard InChI is InChI=1S/C16H30N4O/c1-4-16(5-2)20-7-6-15(18-20)12-17-14(3)13-19-8-10-21-11-9-19/h6-7,14,16-17H,4-5,8-13H2,1-3H3. The van der Waals surface area contributed by atoms with E-state index in [9.17, 15) is 0 Å². The highest BCUT2D eigenvalue weighted by atomic mass is 16.5. The molecule has 120 valence electrons. The molecular formula is C16H30N4O. The SMILES string of the molecule is CCC(CC)n1ccc(CNC(C)CN2CCOCC2)n1. The van der Waals surface area contributed by atoms with Crippen molar-refractivity contribution in [2.45, 2.75) is 52.2 Å². The van der Waals surface area contributed by atoms with E-state index in [1.165, 1.54) is 0 Å². The van der Waals surface area contributed by atoms with Gasteiger partial charge in [0.25, 0.3) is 0 Å². The van der Waals surface area contributed by atoms with Crippen molar-refractivity contribution in [1.29, 1.82) is 0 Å². The van der Waals surface area contributed by atoms with Gasteiger partial charge in [0.05, 0.1) is 24.9 Å². The first-order valence-electron chi connectivity index (χ1n) is 8.30. The molecular weight excluding hydrogens is 264 g/mol. The summed E-state index contributed by atoms with van der Waals surface area (Å²) in [7, 11) is 0. The van der Waals surface area contributed by atoms with Gasteiger partial charge in [0.1, 0.15) is 0 Å². The maximum absolute atomic E-state index is 5.38. The van der Waals surface area contributed by atoms with Crippen LogP contribution in [0.2, 0.25) is 0 Å². The van der Waals surface area contributed by atoms with E-state index in [0.717, 1.165) is 57.9 Å². The molecule has 2 heterocycles. The largest absolute Gasteiger partial charge is 0.379 e. The van der Waals surface area contributed by atoms with E-state index in [-0.39, 0.29) is 0 Å².